The van der Waals surface area contributed by atoms with E-state index in [9.17, 15) is 43.2 Å². The van der Waals surface area contributed by atoms with Crippen molar-refractivity contribution < 1.29 is 80.2 Å². The van der Waals surface area contributed by atoms with Crippen molar-refractivity contribution in [3.63, 3.8) is 0 Å². The molecule has 0 fully saturated rings. The third-order valence-electron chi connectivity index (χ3n) is 20.6. The Balaban J connectivity index is 5.24. The number of aliphatic hydroxyl groups excluding tert-OH is 1. The van der Waals surface area contributed by atoms with Crippen LogP contribution in [0.1, 0.15) is 466 Å². The van der Waals surface area contributed by atoms with E-state index in [-0.39, 0.29) is 25.7 Å². The van der Waals surface area contributed by atoms with Crippen LogP contribution < -0.4 is 0 Å². The minimum absolute atomic E-state index is 0.107. The monoisotopic (exact) mass is 1560 g/mol. The van der Waals surface area contributed by atoms with E-state index in [1.165, 1.54) is 276 Å². The Morgan fingerprint density at radius 2 is 0.430 bits per heavy atom. The Hall–Kier alpha value is -1.94. The average Bonchev–Trinajstić information content (AvgIpc) is 0.902. The Morgan fingerprint density at radius 1 is 0.252 bits per heavy atom. The van der Waals surface area contributed by atoms with Crippen LogP contribution in [0.2, 0.25) is 0 Å². The molecule has 0 aromatic heterocycles. The SMILES string of the molecule is CCCCCCCCCCCCCCCCCCCCCCC(=O)O[C@H](COC(=O)CCCCCCCCCCCCCCCCCC(C)C)COP(=O)(O)OC[C@@H](O)COP(=O)(O)OC[C@@H](COC(=O)CCCCCCCCCCC(C)C)OC(=O)CCCCCCCCCCCCCCCCCC(C)C. The molecule has 17 nitrogen and oxygen atoms in total. The molecule has 3 N–H and O–H groups in total. The van der Waals surface area contributed by atoms with Gasteiger partial charge < -0.3 is 33.8 Å². The van der Waals surface area contributed by atoms with Crippen LogP contribution in [0.25, 0.3) is 0 Å². The van der Waals surface area contributed by atoms with E-state index in [4.69, 9.17) is 37.0 Å². The maximum absolute atomic E-state index is 13.2. The minimum atomic E-state index is -4.97. The summed E-state index contributed by atoms with van der Waals surface area (Å²) in [6.45, 7) is 12.0. The second-order valence-electron chi connectivity index (χ2n) is 33.1. The first-order chi connectivity index (χ1) is 51.7. The second kappa shape index (κ2) is 78.0. The van der Waals surface area contributed by atoms with Gasteiger partial charge in [-0.1, -0.05) is 414 Å². The predicted molar refractivity (Wildman–Crippen MR) is 441 cm³/mol. The molecule has 0 aliphatic carbocycles. The third-order valence-corrected chi connectivity index (χ3v) is 22.5. The lowest BCUT2D eigenvalue weighted by Gasteiger charge is -2.21. The van der Waals surface area contributed by atoms with E-state index in [2.05, 4.69) is 48.5 Å². The highest BCUT2D eigenvalue weighted by Gasteiger charge is 2.31. The van der Waals surface area contributed by atoms with Crippen molar-refractivity contribution >= 4 is 39.5 Å². The van der Waals surface area contributed by atoms with Crippen molar-refractivity contribution in [2.75, 3.05) is 39.6 Å². The van der Waals surface area contributed by atoms with Crippen LogP contribution in [0, 0.1) is 17.8 Å². The summed E-state index contributed by atoms with van der Waals surface area (Å²) >= 11 is 0. The standard InChI is InChI=1S/C88H172O17P2/c1-8-9-10-11-12-13-14-15-16-17-18-19-20-25-31-36-41-50-57-64-71-87(92)104-83(75-98-85(90)69-62-55-48-40-35-30-26-21-23-28-33-38-45-52-59-66-79(2)3)77-102-106(94,95)100-73-82(89)74-101-107(96,97)103-78-84(76-99-86(91)70-63-56-49-44-43-47-54-61-68-81(6)7)105-88(93)72-65-58-51-42-37-32-27-22-24-29-34-39-46-53-60-67-80(4)5/h79-84,89H,8-78H2,1-7H3,(H,94,95)(H,96,97)/t82-,83-,84-/m1/s1. The van der Waals surface area contributed by atoms with Gasteiger partial charge in [0.2, 0.25) is 0 Å². The van der Waals surface area contributed by atoms with Gasteiger partial charge in [-0.2, -0.15) is 0 Å². The van der Waals surface area contributed by atoms with E-state index >= 15 is 0 Å². The fourth-order valence-corrected chi connectivity index (χ4v) is 15.3. The second-order valence-corrected chi connectivity index (χ2v) is 36.0. The van der Waals surface area contributed by atoms with Gasteiger partial charge in [-0.15, -0.1) is 0 Å². The molecule has 107 heavy (non-hydrogen) atoms. The van der Waals surface area contributed by atoms with Crippen LogP contribution in [0.15, 0.2) is 0 Å². The van der Waals surface area contributed by atoms with Crippen LogP contribution in [-0.2, 0) is 65.4 Å². The van der Waals surface area contributed by atoms with Crippen molar-refractivity contribution in [2.45, 2.75) is 484 Å². The molecule has 0 aliphatic heterocycles. The molecule has 0 aromatic rings. The maximum Gasteiger partial charge on any atom is 0.472 e. The van der Waals surface area contributed by atoms with E-state index in [0.29, 0.717) is 25.7 Å². The van der Waals surface area contributed by atoms with E-state index in [1.54, 1.807) is 0 Å². The highest BCUT2D eigenvalue weighted by molar-refractivity contribution is 7.47. The molecule has 0 aliphatic rings. The zero-order chi connectivity index (χ0) is 78.6. The van der Waals surface area contributed by atoms with Crippen molar-refractivity contribution in [1.29, 1.82) is 0 Å². The van der Waals surface area contributed by atoms with Gasteiger partial charge in [0, 0.05) is 25.7 Å². The number of phosphoric acid groups is 2. The van der Waals surface area contributed by atoms with Crippen molar-refractivity contribution in [1.82, 2.24) is 0 Å². The van der Waals surface area contributed by atoms with Crippen molar-refractivity contribution in [3.05, 3.63) is 0 Å². The lowest BCUT2D eigenvalue weighted by atomic mass is 10.0. The fourth-order valence-electron chi connectivity index (χ4n) is 13.7. The molecule has 0 rings (SSSR count). The summed E-state index contributed by atoms with van der Waals surface area (Å²) in [6, 6.07) is 0. The van der Waals surface area contributed by atoms with Gasteiger partial charge in [0.1, 0.15) is 19.3 Å². The topological polar surface area (TPSA) is 237 Å². The molecular weight excluding hydrogens is 1390 g/mol. The van der Waals surface area contributed by atoms with Gasteiger partial charge in [0.25, 0.3) is 0 Å². The van der Waals surface area contributed by atoms with Crippen LogP contribution in [0.4, 0.5) is 0 Å². The van der Waals surface area contributed by atoms with Gasteiger partial charge in [-0.05, 0) is 43.4 Å². The molecule has 0 bridgehead atoms. The predicted octanol–water partition coefficient (Wildman–Crippen LogP) is 26.9. The van der Waals surface area contributed by atoms with E-state index < -0.39 is 97.5 Å². The number of phosphoric ester groups is 2. The molecule has 0 saturated heterocycles. The van der Waals surface area contributed by atoms with Crippen LogP contribution in [0.3, 0.4) is 0 Å². The summed E-state index contributed by atoms with van der Waals surface area (Å²) < 4.78 is 69.0. The van der Waals surface area contributed by atoms with Gasteiger partial charge in [0.05, 0.1) is 26.4 Å². The lowest BCUT2D eigenvalue weighted by Crippen LogP contribution is -2.30. The Labute approximate surface area is 658 Å². The minimum Gasteiger partial charge on any atom is -0.462 e. The molecule has 0 heterocycles. The number of carbonyl (C=O) groups is 4. The molecule has 5 atom stereocenters. The number of hydrogen-bond donors (Lipinski definition) is 3. The highest BCUT2D eigenvalue weighted by Crippen LogP contribution is 2.45. The molecule has 0 spiro atoms. The molecular formula is C88H172O17P2. The van der Waals surface area contributed by atoms with Gasteiger partial charge >= 0.3 is 39.5 Å². The first-order valence-corrected chi connectivity index (χ1v) is 48.3. The van der Waals surface area contributed by atoms with Crippen LogP contribution in [0.5, 0.6) is 0 Å². The molecule has 0 amide bonds. The number of ether oxygens (including phenoxy) is 4. The number of aliphatic hydroxyl groups is 1. The zero-order valence-corrected chi connectivity index (χ0v) is 72.4. The number of rotatable bonds is 86. The molecule has 19 heteroatoms. The first-order valence-electron chi connectivity index (χ1n) is 45.3. The van der Waals surface area contributed by atoms with Crippen LogP contribution >= 0.6 is 15.6 Å². The molecule has 2 unspecified atom stereocenters. The first kappa shape index (κ1) is 105. The van der Waals surface area contributed by atoms with E-state index in [1.807, 2.05) is 0 Å². The van der Waals surface area contributed by atoms with Crippen molar-refractivity contribution in [3.8, 4) is 0 Å². The largest absolute Gasteiger partial charge is 0.472 e. The summed E-state index contributed by atoms with van der Waals surface area (Å²) in [7, 11) is -9.93. The number of esters is 4. The molecule has 0 radical (unpaired) electrons. The molecule has 636 valence electrons. The zero-order valence-electron chi connectivity index (χ0n) is 70.6. The van der Waals surface area contributed by atoms with Gasteiger partial charge in [0.15, 0.2) is 12.2 Å². The Bertz CT molecular complexity index is 2060. The Morgan fingerprint density at radius 3 is 0.636 bits per heavy atom. The Kier molecular flexibility index (Phi) is 76.6. The van der Waals surface area contributed by atoms with Crippen LogP contribution in [-0.4, -0.2) is 96.7 Å². The number of carbonyl (C=O) groups excluding carboxylic acids is 4. The number of unbranched alkanes of at least 4 members (excludes halogenated alkanes) is 54. The average molecular weight is 1560 g/mol. The summed E-state index contributed by atoms with van der Waals surface area (Å²) in [5.74, 6) is 0.233. The maximum atomic E-state index is 13.2. The summed E-state index contributed by atoms with van der Waals surface area (Å²) in [4.78, 5) is 73.3. The molecule has 0 saturated carbocycles. The van der Waals surface area contributed by atoms with Gasteiger partial charge in [-0.25, -0.2) is 9.13 Å². The van der Waals surface area contributed by atoms with Crippen molar-refractivity contribution in [2.24, 2.45) is 17.8 Å². The quantitative estimate of drug-likeness (QED) is 0.0222. The summed E-state index contributed by atoms with van der Waals surface area (Å²) in [5, 5.41) is 10.7. The third kappa shape index (κ3) is 81.9. The summed E-state index contributed by atoms with van der Waals surface area (Å²) in [6.07, 6.45) is 69.5. The molecule has 0 aromatic carbocycles. The highest BCUT2D eigenvalue weighted by atomic mass is 31.2. The fraction of sp³-hybridized carbons (Fsp3) is 0.955. The summed E-state index contributed by atoms with van der Waals surface area (Å²) in [5.41, 5.74) is 0. The number of hydrogen-bond acceptors (Lipinski definition) is 15. The smallest absolute Gasteiger partial charge is 0.462 e. The van der Waals surface area contributed by atoms with E-state index in [0.717, 1.165) is 108 Å². The van der Waals surface area contributed by atoms with Gasteiger partial charge in [-0.3, -0.25) is 37.3 Å². The normalized spacial score (nSPS) is 13.8. The lowest BCUT2D eigenvalue weighted by molar-refractivity contribution is -0.161.